The molecule has 0 bridgehead atoms. The van der Waals surface area contributed by atoms with Gasteiger partial charge in [-0.2, -0.15) is 0 Å². The second-order valence-corrected chi connectivity index (χ2v) is 5.01. The molecular formula is C13H22N2O2. The minimum absolute atomic E-state index is 0.348. The molecule has 4 heteroatoms. The Morgan fingerprint density at radius 3 is 2.59 bits per heavy atom. The largest absolute Gasteiger partial charge is 0.480 e. The molecule has 0 aromatic heterocycles. The molecule has 0 saturated carbocycles. The zero-order valence-electron chi connectivity index (χ0n) is 10.5. The van der Waals surface area contributed by atoms with Gasteiger partial charge in [-0.1, -0.05) is 12.2 Å². The summed E-state index contributed by atoms with van der Waals surface area (Å²) in [5, 5.41) is 8.98. The van der Waals surface area contributed by atoms with E-state index in [1.165, 1.54) is 19.3 Å². The fourth-order valence-corrected chi connectivity index (χ4v) is 2.71. The zero-order chi connectivity index (χ0) is 12.3. The summed E-state index contributed by atoms with van der Waals surface area (Å²) in [5.74, 6) is -0.712. The molecule has 1 heterocycles. The maximum atomic E-state index is 10.9. The highest BCUT2D eigenvalue weighted by Gasteiger charge is 2.27. The van der Waals surface area contributed by atoms with Crippen molar-refractivity contribution in [2.75, 3.05) is 26.2 Å². The highest BCUT2D eigenvalue weighted by molar-refractivity contribution is 5.72. The summed E-state index contributed by atoms with van der Waals surface area (Å²) in [5.41, 5.74) is 0. The van der Waals surface area contributed by atoms with Crippen LogP contribution in [0.4, 0.5) is 0 Å². The monoisotopic (exact) mass is 238 g/mol. The first-order chi connectivity index (χ1) is 8.18. The average Bonchev–Trinajstić information content (AvgIpc) is 2.39. The zero-order valence-corrected chi connectivity index (χ0v) is 10.5. The molecule has 0 spiro atoms. The third-order valence-corrected chi connectivity index (χ3v) is 3.95. The maximum absolute atomic E-state index is 10.9. The number of aliphatic carboxylic acids is 1. The fraction of sp³-hybridized carbons (Fsp3) is 0.769. The molecule has 2 aliphatic rings. The number of hydrogen-bond donors (Lipinski definition) is 1. The van der Waals surface area contributed by atoms with Gasteiger partial charge in [0.05, 0.1) is 0 Å². The molecule has 1 aliphatic heterocycles. The first-order valence-corrected chi connectivity index (χ1v) is 6.56. The van der Waals surface area contributed by atoms with Gasteiger partial charge < -0.3 is 5.11 Å². The van der Waals surface area contributed by atoms with Crippen LogP contribution in [0.3, 0.4) is 0 Å². The van der Waals surface area contributed by atoms with Gasteiger partial charge in [0, 0.05) is 32.2 Å². The van der Waals surface area contributed by atoms with E-state index in [4.69, 9.17) is 5.11 Å². The van der Waals surface area contributed by atoms with Crippen LogP contribution >= 0.6 is 0 Å². The minimum Gasteiger partial charge on any atom is -0.480 e. The van der Waals surface area contributed by atoms with E-state index in [2.05, 4.69) is 22.0 Å². The van der Waals surface area contributed by atoms with Gasteiger partial charge in [-0.15, -0.1) is 0 Å². The molecule has 1 fully saturated rings. The summed E-state index contributed by atoms with van der Waals surface area (Å²) in [4.78, 5) is 15.5. The van der Waals surface area contributed by atoms with Crippen molar-refractivity contribution in [2.24, 2.45) is 0 Å². The topological polar surface area (TPSA) is 43.8 Å². The lowest BCUT2D eigenvalue weighted by atomic mass is 10.0. The van der Waals surface area contributed by atoms with Crippen molar-refractivity contribution in [3.05, 3.63) is 12.2 Å². The van der Waals surface area contributed by atoms with Gasteiger partial charge in [0.2, 0.25) is 0 Å². The van der Waals surface area contributed by atoms with E-state index in [1.54, 1.807) is 6.92 Å². The van der Waals surface area contributed by atoms with E-state index in [0.717, 1.165) is 26.2 Å². The molecule has 17 heavy (non-hydrogen) atoms. The quantitative estimate of drug-likeness (QED) is 0.750. The Kier molecular flexibility index (Phi) is 4.18. The van der Waals surface area contributed by atoms with Crippen LogP contribution in [0.5, 0.6) is 0 Å². The number of carboxylic acid groups (broad SMARTS) is 1. The Bertz CT molecular complexity index is 296. The van der Waals surface area contributed by atoms with E-state index in [-0.39, 0.29) is 6.04 Å². The van der Waals surface area contributed by atoms with Gasteiger partial charge in [-0.05, 0) is 26.2 Å². The number of carbonyl (C=O) groups is 1. The number of allylic oxidation sites excluding steroid dienone is 1. The summed E-state index contributed by atoms with van der Waals surface area (Å²) < 4.78 is 0. The van der Waals surface area contributed by atoms with Crippen molar-refractivity contribution in [3.63, 3.8) is 0 Å². The van der Waals surface area contributed by atoms with Gasteiger partial charge in [0.15, 0.2) is 0 Å². The normalized spacial score (nSPS) is 29.1. The minimum atomic E-state index is -0.712. The Morgan fingerprint density at radius 1 is 1.35 bits per heavy atom. The van der Waals surface area contributed by atoms with Crippen LogP contribution in [0, 0.1) is 0 Å². The second-order valence-electron chi connectivity index (χ2n) is 5.01. The first-order valence-electron chi connectivity index (χ1n) is 6.56. The third-order valence-electron chi connectivity index (χ3n) is 3.95. The van der Waals surface area contributed by atoms with Crippen molar-refractivity contribution in [1.29, 1.82) is 0 Å². The third kappa shape index (κ3) is 3.07. The predicted octanol–water partition coefficient (Wildman–Crippen LogP) is 1.19. The van der Waals surface area contributed by atoms with Gasteiger partial charge >= 0.3 is 5.97 Å². The SMILES string of the molecule is CC(C(=O)O)N1CCN(C2C=CCCC2)CC1. The molecule has 2 atom stereocenters. The van der Waals surface area contributed by atoms with Crippen LogP contribution < -0.4 is 0 Å². The average molecular weight is 238 g/mol. The van der Waals surface area contributed by atoms with E-state index in [9.17, 15) is 4.79 Å². The first kappa shape index (κ1) is 12.6. The van der Waals surface area contributed by atoms with Crippen molar-refractivity contribution < 1.29 is 9.90 Å². The molecule has 1 saturated heterocycles. The summed E-state index contributed by atoms with van der Waals surface area (Å²) in [7, 11) is 0. The number of nitrogens with zero attached hydrogens (tertiary/aromatic N) is 2. The van der Waals surface area contributed by atoms with Crippen molar-refractivity contribution >= 4 is 5.97 Å². The van der Waals surface area contributed by atoms with Crippen LogP contribution in [-0.4, -0.2) is 59.1 Å². The Morgan fingerprint density at radius 2 is 2.06 bits per heavy atom. The highest BCUT2D eigenvalue weighted by atomic mass is 16.4. The smallest absolute Gasteiger partial charge is 0.320 e. The maximum Gasteiger partial charge on any atom is 0.320 e. The molecule has 0 aromatic rings. The Labute approximate surface area is 103 Å². The van der Waals surface area contributed by atoms with Crippen molar-refractivity contribution in [1.82, 2.24) is 9.80 Å². The summed E-state index contributed by atoms with van der Waals surface area (Å²) >= 11 is 0. The van der Waals surface area contributed by atoms with Crippen LogP contribution in [0.1, 0.15) is 26.2 Å². The van der Waals surface area contributed by atoms with E-state index in [0.29, 0.717) is 6.04 Å². The van der Waals surface area contributed by atoms with E-state index >= 15 is 0 Å². The molecule has 1 aliphatic carbocycles. The molecule has 96 valence electrons. The van der Waals surface area contributed by atoms with Crippen LogP contribution in [0.2, 0.25) is 0 Å². The van der Waals surface area contributed by atoms with Crippen LogP contribution in [0.25, 0.3) is 0 Å². The molecular weight excluding hydrogens is 216 g/mol. The molecule has 0 aromatic carbocycles. The lowest BCUT2D eigenvalue weighted by molar-refractivity contribution is -0.143. The van der Waals surface area contributed by atoms with E-state index in [1.807, 2.05) is 0 Å². The molecule has 2 rings (SSSR count). The Hall–Kier alpha value is -0.870. The summed E-state index contributed by atoms with van der Waals surface area (Å²) in [6.45, 7) is 5.51. The fourth-order valence-electron chi connectivity index (χ4n) is 2.71. The molecule has 2 unspecified atom stereocenters. The number of hydrogen-bond acceptors (Lipinski definition) is 3. The van der Waals surface area contributed by atoms with Gasteiger partial charge in [0.25, 0.3) is 0 Å². The van der Waals surface area contributed by atoms with Gasteiger partial charge in [0.1, 0.15) is 6.04 Å². The lowest BCUT2D eigenvalue weighted by Gasteiger charge is -2.40. The number of rotatable bonds is 3. The molecule has 0 amide bonds. The van der Waals surface area contributed by atoms with Crippen LogP contribution in [0.15, 0.2) is 12.2 Å². The van der Waals surface area contributed by atoms with Gasteiger partial charge in [-0.25, -0.2) is 0 Å². The summed E-state index contributed by atoms with van der Waals surface area (Å²) in [6, 6.07) is 0.241. The second kappa shape index (κ2) is 5.65. The van der Waals surface area contributed by atoms with Gasteiger partial charge in [-0.3, -0.25) is 14.6 Å². The standard InChI is InChI=1S/C13H22N2O2/c1-11(13(16)17)14-7-9-15(10-8-14)12-5-3-2-4-6-12/h3,5,11-12H,2,4,6-10H2,1H3,(H,16,17). The number of piperazine rings is 1. The lowest BCUT2D eigenvalue weighted by Crippen LogP contribution is -2.54. The predicted molar refractivity (Wildman–Crippen MR) is 67.0 cm³/mol. The Balaban J connectivity index is 1.83. The molecule has 1 N–H and O–H groups in total. The number of carboxylic acids is 1. The summed E-state index contributed by atoms with van der Waals surface area (Å²) in [6.07, 6.45) is 8.35. The highest BCUT2D eigenvalue weighted by Crippen LogP contribution is 2.18. The van der Waals surface area contributed by atoms with E-state index < -0.39 is 5.97 Å². The van der Waals surface area contributed by atoms with Crippen molar-refractivity contribution in [3.8, 4) is 0 Å². The molecule has 4 nitrogen and oxygen atoms in total. The van der Waals surface area contributed by atoms with Crippen LogP contribution in [-0.2, 0) is 4.79 Å². The molecule has 0 radical (unpaired) electrons. The van der Waals surface area contributed by atoms with Crippen molar-refractivity contribution in [2.45, 2.75) is 38.3 Å².